The van der Waals surface area contributed by atoms with E-state index in [1.165, 1.54) is 11.8 Å². The molecule has 1 fully saturated rings. The summed E-state index contributed by atoms with van der Waals surface area (Å²) in [5, 5.41) is 3.36. The highest BCUT2D eigenvalue weighted by Gasteiger charge is 2.22. The fraction of sp³-hybridized carbons (Fsp3) is 0.0526. The number of benzene rings is 2. The van der Waals surface area contributed by atoms with Crippen molar-refractivity contribution < 1.29 is 9.53 Å². The molecule has 1 aliphatic heterocycles. The molecule has 5 heteroatoms. The first kappa shape index (κ1) is 16.1. The van der Waals surface area contributed by atoms with Crippen LogP contribution in [0.3, 0.4) is 0 Å². The van der Waals surface area contributed by atoms with Crippen molar-refractivity contribution in [2.75, 3.05) is 7.11 Å². The Bertz CT molecular complexity index is 826. The maximum absolute atomic E-state index is 12.0. The number of amidine groups is 1. The van der Waals surface area contributed by atoms with Crippen molar-refractivity contribution >= 4 is 34.6 Å². The van der Waals surface area contributed by atoms with Gasteiger partial charge in [-0.2, -0.15) is 0 Å². The van der Waals surface area contributed by atoms with Crippen molar-refractivity contribution in [3.63, 3.8) is 0 Å². The zero-order chi connectivity index (χ0) is 16.8. The van der Waals surface area contributed by atoms with E-state index in [1.807, 2.05) is 66.7 Å². The summed E-state index contributed by atoms with van der Waals surface area (Å²) in [6.45, 7) is 0. The van der Waals surface area contributed by atoms with Gasteiger partial charge in [0, 0.05) is 5.56 Å². The minimum Gasteiger partial charge on any atom is -0.496 e. The number of ether oxygens (including phenoxy) is 1. The first-order valence-electron chi connectivity index (χ1n) is 7.40. The predicted octanol–water partition coefficient (Wildman–Crippen LogP) is 4.14. The van der Waals surface area contributed by atoms with Crippen LogP contribution in [0.5, 0.6) is 5.75 Å². The van der Waals surface area contributed by atoms with Gasteiger partial charge >= 0.3 is 0 Å². The molecule has 2 aromatic rings. The van der Waals surface area contributed by atoms with E-state index in [-0.39, 0.29) is 5.91 Å². The van der Waals surface area contributed by atoms with Crippen molar-refractivity contribution in [1.82, 2.24) is 5.32 Å². The van der Waals surface area contributed by atoms with Gasteiger partial charge in [0.1, 0.15) is 5.75 Å². The zero-order valence-corrected chi connectivity index (χ0v) is 13.9. The quantitative estimate of drug-likeness (QED) is 0.854. The lowest BCUT2D eigenvalue weighted by atomic mass is 10.2. The van der Waals surface area contributed by atoms with Crippen LogP contribution in [0.1, 0.15) is 5.56 Å². The van der Waals surface area contributed by atoms with Crippen molar-refractivity contribution in [3.05, 3.63) is 77.2 Å². The second kappa shape index (κ2) is 7.66. The maximum Gasteiger partial charge on any atom is 0.264 e. The number of hydrogen-bond acceptors (Lipinski definition) is 4. The van der Waals surface area contributed by atoms with Gasteiger partial charge < -0.3 is 10.1 Å². The Morgan fingerprint density at radius 2 is 1.83 bits per heavy atom. The van der Waals surface area contributed by atoms with E-state index in [4.69, 9.17) is 4.74 Å². The van der Waals surface area contributed by atoms with E-state index in [1.54, 1.807) is 13.2 Å². The molecular weight excluding hydrogens is 320 g/mol. The van der Waals surface area contributed by atoms with Gasteiger partial charge in [0.15, 0.2) is 5.17 Å². The smallest absolute Gasteiger partial charge is 0.264 e. The van der Waals surface area contributed by atoms with Crippen LogP contribution in [0, 0.1) is 0 Å². The summed E-state index contributed by atoms with van der Waals surface area (Å²) in [5.41, 5.74) is 1.77. The van der Waals surface area contributed by atoms with Gasteiger partial charge in [-0.1, -0.05) is 48.6 Å². The molecule has 0 spiro atoms. The number of methoxy groups -OCH3 is 1. The van der Waals surface area contributed by atoms with Crippen molar-refractivity contribution in [3.8, 4) is 5.75 Å². The van der Waals surface area contributed by atoms with Crippen LogP contribution in [0.4, 0.5) is 5.69 Å². The number of hydrogen-bond donors (Lipinski definition) is 1. The van der Waals surface area contributed by atoms with E-state index < -0.39 is 0 Å². The Morgan fingerprint density at radius 3 is 2.62 bits per heavy atom. The summed E-state index contributed by atoms with van der Waals surface area (Å²) in [7, 11) is 1.64. The number of allylic oxidation sites excluding steroid dienone is 2. The molecule has 4 nitrogen and oxygen atoms in total. The Kier molecular flexibility index (Phi) is 5.13. The molecule has 24 heavy (non-hydrogen) atoms. The van der Waals surface area contributed by atoms with Crippen LogP contribution < -0.4 is 10.1 Å². The Hall–Kier alpha value is -2.79. The molecule has 1 amide bonds. The average Bonchev–Trinajstić information content (AvgIpc) is 2.95. The lowest BCUT2D eigenvalue weighted by Gasteiger charge is -2.02. The summed E-state index contributed by atoms with van der Waals surface area (Å²) in [5.74, 6) is 0.654. The van der Waals surface area contributed by atoms with Crippen LogP contribution in [0.15, 0.2) is 76.6 Å². The number of carbonyl (C=O) groups excluding carboxylic acids is 1. The first-order chi connectivity index (χ1) is 11.8. The van der Waals surface area contributed by atoms with Crippen molar-refractivity contribution in [2.24, 2.45) is 4.99 Å². The summed E-state index contributed by atoms with van der Waals surface area (Å²) >= 11 is 1.33. The van der Waals surface area contributed by atoms with Crippen LogP contribution >= 0.6 is 11.8 Å². The average molecular weight is 336 g/mol. The highest BCUT2D eigenvalue weighted by molar-refractivity contribution is 8.18. The number of rotatable bonds is 4. The molecule has 1 aliphatic rings. The third-order valence-electron chi connectivity index (χ3n) is 3.30. The molecule has 1 heterocycles. The summed E-state index contributed by atoms with van der Waals surface area (Å²) in [6, 6.07) is 17.2. The van der Waals surface area contributed by atoms with Gasteiger partial charge in [0.05, 0.1) is 17.7 Å². The third kappa shape index (κ3) is 3.94. The van der Waals surface area contributed by atoms with Gasteiger partial charge in [0.2, 0.25) is 0 Å². The molecule has 0 aromatic heterocycles. The van der Waals surface area contributed by atoms with Gasteiger partial charge in [-0.3, -0.25) is 4.79 Å². The van der Waals surface area contributed by atoms with Gasteiger partial charge in [-0.25, -0.2) is 4.99 Å². The number of nitrogens with zero attached hydrogens (tertiary/aromatic N) is 1. The lowest BCUT2D eigenvalue weighted by Crippen LogP contribution is -2.19. The summed E-state index contributed by atoms with van der Waals surface area (Å²) < 4.78 is 5.30. The molecule has 1 N–H and O–H groups in total. The van der Waals surface area contributed by atoms with E-state index in [2.05, 4.69) is 10.3 Å². The minimum atomic E-state index is -0.139. The number of aliphatic imine (C=N–C) groups is 1. The monoisotopic (exact) mass is 336 g/mol. The minimum absolute atomic E-state index is 0.139. The molecule has 120 valence electrons. The Labute approximate surface area is 145 Å². The molecule has 0 radical (unpaired) electrons. The van der Waals surface area contributed by atoms with E-state index >= 15 is 0 Å². The number of carbonyl (C=O) groups is 1. The van der Waals surface area contributed by atoms with Crippen LogP contribution in [0.25, 0.3) is 6.08 Å². The van der Waals surface area contributed by atoms with Crippen LogP contribution in [-0.2, 0) is 4.79 Å². The molecule has 0 aliphatic carbocycles. The normalized spacial score (nSPS) is 17.6. The number of thioether (sulfide) groups is 1. The number of para-hydroxylation sites is 2. The molecule has 0 saturated carbocycles. The largest absolute Gasteiger partial charge is 0.496 e. The van der Waals surface area contributed by atoms with Crippen molar-refractivity contribution in [1.29, 1.82) is 0 Å². The molecule has 0 unspecified atom stereocenters. The van der Waals surface area contributed by atoms with E-state index in [0.29, 0.717) is 10.1 Å². The maximum atomic E-state index is 12.0. The number of amides is 1. The van der Waals surface area contributed by atoms with Gasteiger partial charge in [-0.15, -0.1) is 0 Å². The Balaban J connectivity index is 1.73. The molecule has 0 bridgehead atoms. The SMILES string of the molecule is COc1ccccc1C=CC=C1SC(=Nc2ccccc2)NC1=O. The van der Waals surface area contributed by atoms with E-state index in [0.717, 1.165) is 17.0 Å². The van der Waals surface area contributed by atoms with Gasteiger partial charge in [-0.05, 0) is 36.0 Å². The number of nitrogens with one attached hydrogen (secondary N) is 1. The second-order valence-corrected chi connectivity index (χ2v) is 5.97. The topological polar surface area (TPSA) is 50.7 Å². The molecule has 2 aromatic carbocycles. The highest BCUT2D eigenvalue weighted by atomic mass is 32.2. The highest BCUT2D eigenvalue weighted by Crippen LogP contribution is 2.26. The first-order valence-corrected chi connectivity index (χ1v) is 8.22. The third-order valence-corrected chi connectivity index (χ3v) is 4.23. The Morgan fingerprint density at radius 1 is 1.08 bits per heavy atom. The molecule has 3 rings (SSSR count). The molecule has 1 saturated heterocycles. The fourth-order valence-electron chi connectivity index (χ4n) is 2.16. The fourth-order valence-corrected chi connectivity index (χ4v) is 2.95. The molecule has 0 atom stereocenters. The van der Waals surface area contributed by atoms with Crippen LogP contribution in [0.2, 0.25) is 0 Å². The predicted molar refractivity (Wildman–Crippen MR) is 99.4 cm³/mol. The summed E-state index contributed by atoms with van der Waals surface area (Å²) in [4.78, 5) is 17.0. The molecular formula is C19H16N2O2S. The van der Waals surface area contributed by atoms with Crippen LogP contribution in [-0.4, -0.2) is 18.2 Å². The van der Waals surface area contributed by atoms with Crippen molar-refractivity contribution in [2.45, 2.75) is 0 Å². The standard InChI is InChI=1S/C19H16N2O2S/c1-23-16-12-6-5-8-14(16)9-7-13-17-18(22)21-19(24-17)20-15-10-3-2-4-11-15/h2-13H,1H3,(H,20,21,22). The zero-order valence-electron chi connectivity index (χ0n) is 13.1. The second-order valence-electron chi connectivity index (χ2n) is 4.94. The van der Waals surface area contributed by atoms with Gasteiger partial charge in [0.25, 0.3) is 5.91 Å². The van der Waals surface area contributed by atoms with E-state index in [9.17, 15) is 4.79 Å². The summed E-state index contributed by atoms with van der Waals surface area (Å²) in [6.07, 6.45) is 5.52. The lowest BCUT2D eigenvalue weighted by molar-refractivity contribution is -0.115.